The van der Waals surface area contributed by atoms with Crippen LogP contribution in [0.4, 0.5) is 0 Å². The molecule has 2 rings (SSSR count). The number of rotatable bonds is 4. The van der Waals surface area contributed by atoms with E-state index in [0.717, 1.165) is 17.8 Å². The average Bonchev–Trinajstić information content (AvgIpc) is 2.93. The normalized spacial score (nSPS) is 14.9. The van der Waals surface area contributed by atoms with Gasteiger partial charge in [-0.3, -0.25) is 9.59 Å². The minimum absolute atomic E-state index is 0.352. The van der Waals surface area contributed by atoms with Gasteiger partial charge in [-0.2, -0.15) is 0 Å². The summed E-state index contributed by atoms with van der Waals surface area (Å²) in [6, 6.07) is 0. The van der Waals surface area contributed by atoms with Gasteiger partial charge in [-0.05, 0) is 12.8 Å². The molecule has 0 aromatic carbocycles. The minimum atomic E-state index is -1.05. The van der Waals surface area contributed by atoms with Crippen LogP contribution >= 0.6 is 11.3 Å². The van der Waals surface area contributed by atoms with E-state index < -0.39 is 5.97 Å². The zero-order valence-corrected chi connectivity index (χ0v) is 8.71. The number of aliphatic carboxylic acids is 1. The van der Waals surface area contributed by atoms with Crippen LogP contribution in [0.5, 0.6) is 0 Å². The predicted octanol–water partition coefficient (Wildman–Crippen LogP) is 0.835. The van der Waals surface area contributed by atoms with Gasteiger partial charge < -0.3 is 10.4 Å². The third-order valence-corrected chi connectivity index (χ3v) is 3.23. The molecule has 1 aliphatic rings. The highest BCUT2D eigenvalue weighted by molar-refractivity contribution is 7.13. The molecule has 2 N–H and O–H groups in total. The number of aromatic nitrogens is 1. The van der Waals surface area contributed by atoms with Crippen molar-refractivity contribution in [1.82, 2.24) is 10.3 Å². The largest absolute Gasteiger partial charge is 0.480 e. The Hall–Kier alpha value is -1.43. The maximum atomic E-state index is 11.4. The van der Waals surface area contributed by atoms with Gasteiger partial charge in [0.2, 0.25) is 0 Å². The Balaban J connectivity index is 1.95. The van der Waals surface area contributed by atoms with Crippen LogP contribution in [0.2, 0.25) is 0 Å². The van der Waals surface area contributed by atoms with Crippen molar-refractivity contribution in [2.75, 3.05) is 6.54 Å². The maximum absolute atomic E-state index is 11.4. The van der Waals surface area contributed by atoms with E-state index >= 15 is 0 Å². The fraction of sp³-hybridized carbons (Fsp3) is 0.444. The fourth-order valence-corrected chi connectivity index (χ4v) is 2.16. The summed E-state index contributed by atoms with van der Waals surface area (Å²) in [4.78, 5) is 26.3. The Bertz CT molecular complexity index is 398. The molecule has 6 heteroatoms. The summed E-state index contributed by atoms with van der Waals surface area (Å²) in [5, 5.41) is 11.7. The van der Waals surface area contributed by atoms with Gasteiger partial charge in [-0.15, -0.1) is 11.3 Å². The molecular formula is C9H10N2O3S. The number of hydrogen-bond donors (Lipinski definition) is 2. The number of nitrogens with zero attached hydrogens (tertiary/aromatic N) is 1. The van der Waals surface area contributed by atoms with E-state index in [0.29, 0.717) is 10.8 Å². The minimum Gasteiger partial charge on any atom is -0.480 e. The second-order valence-corrected chi connectivity index (χ2v) is 4.48. The molecular weight excluding hydrogens is 216 g/mol. The summed E-state index contributed by atoms with van der Waals surface area (Å²) in [6.45, 7) is -0.352. The lowest BCUT2D eigenvalue weighted by Crippen LogP contribution is -2.28. The fourth-order valence-electron chi connectivity index (χ4n) is 1.15. The number of carboxylic acid groups (broad SMARTS) is 1. The van der Waals surface area contributed by atoms with Crippen molar-refractivity contribution in [2.45, 2.75) is 18.8 Å². The van der Waals surface area contributed by atoms with Crippen molar-refractivity contribution in [3.05, 3.63) is 16.1 Å². The van der Waals surface area contributed by atoms with Gasteiger partial charge in [0.25, 0.3) is 5.91 Å². The number of carbonyl (C=O) groups excluding carboxylic acids is 1. The first-order valence-electron chi connectivity index (χ1n) is 4.62. The SMILES string of the molecule is O=C(O)CNC(=O)c1cnc(C2CC2)s1. The number of thiazole rings is 1. The molecule has 1 fully saturated rings. The van der Waals surface area contributed by atoms with Crippen LogP contribution in [0.3, 0.4) is 0 Å². The summed E-state index contributed by atoms with van der Waals surface area (Å²) < 4.78 is 0. The van der Waals surface area contributed by atoms with Gasteiger partial charge in [0, 0.05) is 5.92 Å². The number of amides is 1. The second kappa shape index (κ2) is 3.98. The lowest BCUT2D eigenvalue weighted by Gasteiger charge is -1.97. The van der Waals surface area contributed by atoms with Crippen LogP contribution in [-0.2, 0) is 4.79 Å². The van der Waals surface area contributed by atoms with Crippen molar-refractivity contribution in [1.29, 1.82) is 0 Å². The van der Waals surface area contributed by atoms with Crippen molar-refractivity contribution in [3.8, 4) is 0 Å². The molecule has 1 aliphatic carbocycles. The summed E-state index contributed by atoms with van der Waals surface area (Å²) in [6.07, 6.45) is 3.79. The molecule has 1 heterocycles. The smallest absolute Gasteiger partial charge is 0.322 e. The average molecular weight is 226 g/mol. The third kappa shape index (κ3) is 2.53. The van der Waals surface area contributed by atoms with Crippen LogP contribution in [0.15, 0.2) is 6.20 Å². The molecule has 0 saturated heterocycles. The van der Waals surface area contributed by atoms with E-state index in [-0.39, 0.29) is 12.5 Å². The number of carbonyl (C=O) groups is 2. The quantitative estimate of drug-likeness (QED) is 0.797. The molecule has 1 aromatic heterocycles. The monoisotopic (exact) mass is 226 g/mol. The first kappa shape index (κ1) is 10.1. The van der Waals surface area contributed by atoms with Gasteiger partial charge >= 0.3 is 5.97 Å². The molecule has 0 atom stereocenters. The highest BCUT2D eigenvalue weighted by Gasteiger charge is 2.27. The van der Waals surface area contributed by atoms with Crippen molar-refractivity contribution < 1.29 is 14.7 Å². The Labute approximate surface area is 90.1 Å². The molecule has 5 nitrogen and oxygen atoms in total. The van der Waals surface area contributed by atoms with Gasteiger partial charge in [0.15, 0.2) is 0 Å². The Morgan fingerprint density at radius 1 is 1.60 bits per heavy atom. The molecule has 0 unspecified atom stereocenters. The molecule has 1 amide bonds. The standard InChI is InChI=1S/C9H10N2O3S/c12-7(13)4-10-8(14)6-3-11-9(15-6)5-1-2-5/h3,5H,1-2,4H2,(H,10,14)(H,12,13). The van der Waals surface area contributed by atoms with Crippen LogP contribution < -0.4 is 5.32 Å². The van der Waals surface area contributed by atoms with Gasteiger partial charge in [-0.1, -0.05) is 0 Å². The van der Waals surface area contributed by atoms with Crippen LogP contribution in [-0.4, -0.2) is 28.5 Å². The molecule has 15 heavy (non-hydrogen) atoms. The third-order valence-electron chi connectivity index (χ3n) is 2.07. The Morgan fingerprint density at radius 2 is 2.33 bits per heavy atom. The maximum Gasteiger partial charge on any atom is 0.322 e. The number of carboxylic acids is 1. The topological polar surface area (TPSA) is 79.3 Å². The lowest BCUT2D eigenvalue weighted by atomic mass is 10.4. The molecule has 0 aliphatic heterocycles. The highest BCUT2D eigenvalue weighted by Crippen LogP contribution is 2.41. The summed E-state index contributed by atoms with van der Waals surface area (Å²) in [5.41, 5.74) is 0. The van der Waals surface area contributed by atoms with Crippen molar-refractivity contribution >= 4 is 23.2 Å². The van der Waals surface area contributed by atoms with E-state index in [2.05, 4.69) is 10.3 Å². The van der Waals surface area contributed by atoms with E-state index in [4.69, 9.17) is 5.11 Å². The van der Waals surface area contributed by atoms with Crippen LogP contribution in [0, 0.1) is 0 Å². The highest BCUT2D eigenvalue weighted by atomic mass is 32.1. The Morgan fingerprint density at radius 3 is 2.93 bits per heavy atom. The molecule has 80 valence electrons. The summed E-state index contributed by atoms with van der Waals surface area (Å²) in [7, 11) is 0. The van der Waals surface area contributed by atoms with Crippen molar-refractivity contribution in [3.63, 3.8) is 0 Å². The molecule has 1 saturated carbocycles. The van der Waals surface area contributed by atoms with Gasteiger partial charge in [0.1, 0.15) is 11.4 Å². The molecule has 1 aromatic rings. The number of hydrogen-bond acceptors (Lipinski definition) is 4. The Kier molecular flexibility index (Phi) is 2.68. The zero-order valence-electron chi connectivity index (χ0n) is 7.90. The van der Waals surface area contributed by atoms with Crippen LogP contribution in [0.25, 0.3) is 0 Å². The van der Waals surface area contributed by atoms with Gasteiger partial charge in [0.05, 0.1) is 11.2 Å². The predicted molar refractivity (Wildman–Crippen MR) is 54.1 cm³/mol. The van der Waals surface area contributed by atoms with Crippen molar-refractivity contribution in [2.24, 2.45) is 0 Å². The summed E-state index contributed by atoms with van der Waals surface area (Å²) in [5.74, 6) is -0.881. The van der Waals surface area contributed by atoms with Crippen LogP contribution in [0.1, 0.15) is 33.4 Å². The molecule has 0 radical (unpaired) electrons. The zero-order chi connectivity index (χ0) is 10.8. The first-order valence-corrected chi connectivity index (χ1v) is 5.44. The lowest BCUT2D eigenvalue weighted by molar-refractivity contribution is -0.135. The van der Waals surface area contributed by atoms with E-state index in [9.17, 15) is 9.59 Å². The van der Waals surface area contributed by atoms with E-state index in [1.807, 2.05) is 0 Å². The molecule has 0 spiro atoms. The molecule has 0 bridgehead atoms. The summed E-state index contributed by atoms with van der Waals surface area (Å²) >= 11 is 1.35. The van der Waals surface area contributed by atoms with E-state index in [1.54, 1.807) is 0 Å². The van der Waals surface area contributed by atoms with E-state index in [1.165, 1.54) is 17.5 Å². The second-order valence-electron chi connectivity index (χ2n) is 3.41. The number of nitrogens with one attached hydrogen (secondary N) is 1. The first-order chi connectivity index (χ1) is 7.16. The van der Waals surface area contributed by atoms with Gasteiger partial charge in [-0.25, -0.2) is 4.98 Å².